The third-order valence-electron chi connectivity index (χ3n) is 4.11. The zero-order chi connectivity index (χ0) is 18.4. The van der Waals surface area contributed by atoms with E-state index in [2.05, 4.69) is 0 Å². The van der Waals surface area contributed by atoms with Crippen molar-refractivity contribution in [1.82, 2.24) is 0 Å². The molecular weight excluding hydrogens is 319 g/mol. The molecule has 2 rings (SSSR count). The van der Waals surface area contributed by atoms with Crippen molar-refractivity contribution in [2.24, 2.45) is 0 Å². The van der Waals surface area contributed by atoms with E-state index in [1.165, 1.54) is 31.4 Å². The van der Waals surface area contributed by atoms with Gasteiger partial charge in [-0.2, -0.15) is 0 Å². The Morgan fingerprint density at radius 2 is 1.68 bits per heavy atom. The van der Waals surface area contributed by atoms with Crippen LogP contribution in [-0.4, -0.2) is 18.9 Å². The van der Waals surface area contributed by atoms with Crippen molar-refractivity contribution in [3.8, 4) is 0 Å². The summed E-state index contributed by atoms with van der Waals surface area (Å²) in [6.45, 7) is 3.69. The van der Waals surface area contributed by atoms with Crippen LogP contribution in [0.15, 0.2) is 54.1 Å². The molecule has 0 N–H and O–H groups in total. The first-order valence-electron chi connectivity index (χ1n) is 8.15. The minimum Gasteiger partial charge on any atom is -0.469 e. The van der Waals surface area contributed by atoms with Crippen molar-refractivity contribution < 1.29 is 18.7 Å². The van der Waals surface area contributed by atoms with Crippen LogP contribution in [0, 0.1) is 5.82 Å². The number of hydrogen-bond donors (Lipinski definition) is 0. The Hall–Kier alpha value is -2.75. The smallest absolute Gasteiger partial charge is 0.312 e. The fourth-order valence-corrected chi connectivity index (χ4v) is 2.51. The normalized spacial score (nSPS) is 12.6. The summed E-state index contributed by atoms with van der Waals surface area (Å²) in [5.74, 6) is -1.11. The maximum Gasteiger partial charge on any atom is 0.312 e. The second-order valence-corrected chi connectivity index (χ2v) is 5.77. The lowest BCUT2D eigenvalue weighted by atomic mass is 9.96. The summed E-state index contributed by atoms with van der Waals surface area (Å²) in [6, 6.07) is 13.0. The van der Waals surface area contributed by atoms with Gasteiger partial charge in [-0.05, 0) is 54.8 Å². The van der Waals surface area contributed by atoms with Crippen LogP contribution < -0.4 is 0 Å². The van der Waals surface area contributed by atoms with Crippen LogP contribution in [0.5, 0.6) is 0 Å². The number of ether oxygens (including phenoxy) is 1. The molecule has 0 heterocycles. The molecule has 2 aromatic rings. The topological polar surface area (TPSA) is 43.4 Å². The van der Waals surface area contributed by atoms with E-state index in [0.717, 1.165) is 11.1 Å². The van der Waals surface area contributed by atoms with E-state index in [1.807, 2.05) is 37.3 Å². The quantitative estimate of drug-likeness (QED) is 0.432. The predicted octanol–water partition coefficient (Wildman–Crippen LogP) is 4.78. The van der Waals surface area contributed by atoms with E-state index in [-0.39, 0.29) is 23.5 Å². The van der Waals surface area contributed by atoms with Crippen molar-refractivity contribution in [1.29, 1.82) is 0 Å². The first kappa shape index (κ1) is 18.6. The average Bonchev–Trinajstić information content (AvgIpc) is 2.65. The number of carbonyl (C=O) groups excluding carboxylic acids is 2. The van der Waals surface area contributed by atoms with E-state index in [9.17, 15) is 14.0 Å². The molecule has 0 aliphatic carbocycles. The van der Waals surface area contributed by atoms with Crippen molar-refractivity contribution in [3.63, 3.8) is 0 Å². The summed E-state index contributed by atoms with van der Waals surface area (Å²) in [5.41, 5.74) is 2.82. The fraction of sp³-hybridized carbons (Fsp3) is 0.238. The van der Waals surface area contributed by atoms with Crippen molar-refractivity contribution in [2.75, 3.05) is 7.11 Å². The summed E-state index contributed by atoms with van der Waals surface area (Å²) in [5, 5.41) is 0. The minimum atomic E-state index is -0.367. The summed E-state index contributed by atoms with van der Waals surface area (Å²) < 4.78 is 17.8. The van der Waals surface area contributed by atoms with E-state index < -0.39 is 0 Å². The van der Waals surface area contributed by atoms with E-state index in [4.69, 9.17) is 4.74 Å². The molecule has 0 saturated carbocycles. The molecule has 1 unspecified atom stereocenters. The molecule has 0 saturated heterocycles. The highest BCUT2D eigenvalue weighted by Gasteiger charge is 2.15. The Morgan fingerprint density at radius 3 is 2.20 bits per heavy atom. The monoisotopic (exact) mass is 340 g/mol. The van der Waals surface area contributed by atoms with Crippen LogP contribution in [0.4, 0.5) is 4.39 Å². The highest BCUT2D eigenvalue weighted by Crippen LogP contribution is 2.20. The van der Waals surface area contributed by atoms with E-state index in [1.54, 1.807) is 6.92 Å². The molecule has 25 heavy (non-hydrogen) atoms. The summed E-state index contributed by atoms with van der Waals surface area (Å²) in [7, 11) is 1.37. The molecule has 0 radical (unpaired) electrons. The highest BCUT2D eigenvalue weighted by molar-refractivity contribution is 6.11. The first-order chi connectivity index (χ1) is 12.0. The summed E-state index contributed by atoms with van der Waals surface area (Å²) in [4.78, 5) is 24.1. The van der Waals surface area contributed by atoms with Gasteiger partial charge in [-0.25, -0.2) is 4.39 Å². The third-order valence-corrected chi connectivity index (χ3v) is 4.11. The standard InChI is InChI=1S/C21H21FO3/c1-4-16(20(23)18-9-11-19(22)12-10-18)13-15-5-7-17(8-6-15)14(2)21(24)25-3/h5-14H,4H2,1-3H3. The number of hydrogen-bond acceptors (Lipinski definition) is 3. The number of methoxy groups -OCH3 is 1. The molecule has 0 spiro atoms. The Kier molecular flexibility index (Phi) is 6.23. The molecule has 0 amide bonds. The number of benzene rings is 2. The fourth-order valence-electron chi connectivity index (χ4n) is 2.51. The lowest BCUT2D eigenvalue weighted by molar-refractivity contribution is -0.141. The molecule has 0 aromatic heterocycles. The lowest BCUT2D eigenvalue weighted by Crippen LogP contribution is -2.10. The molecule has 1 atom stereocenters. The largest absolute Gasteiger partial charge is 0.469 e. The Labute approximate surface area is 147 Å². The number of rotatable bonds is 6. The minimum absolute atomic E-state index is 0.116. The second-order valence-electron chi connectivity index (χ2n) is 5.77. The van der Waals surface area contributed by atoms with Gasteiger partial charge in [-0.15, -0.1) is 0 Å². The molecule has 2 aromatic carbocycles. The second kappa shape index (κ2) is 8.38. The van der Waals surface area contributed by atoms with Crippen LogP contribution >= 0.6 is 0 Å². The zero-order valence-electron chi connectivity index (χ0n) is 14.6. The number of carbonyl (C=O) groups is 2. The van der Waals surface area contributed by atoms with Crippen LogP contribution in [0.2, 0.25) is 0 Å². The highest BCUT2D eigenvalue weighted by atomic mass is 19.1. The van der Waals surface area contributed by atoms with E-state index in [0.29, 0.717) is 17.6 Å². The Morgan fingerprint density at radius 1 is 1.08 bits per heavy atom. The van der Waals surface area contributed by atoms with Gasteiger partial charge in [0.1, 0.15) is 5.82 Å². The van der Waals surface area contributed by atoms with Gasteiger partial charge in [0.2, 0.25) is 0 Å². The van der Waals surface area contributed by atoms with E-state index >= 15 is 0 Å². The van der Waals surface area contributed by atoms with Crippen molar-refractivity contribution in [2.45, 2.75) is 26.2 Å². The van der Waals surface area contributed by atoms with Gasteiger partial charge in [0.25, 0.3) is 0 Å². The number of esters is 1. The van der Waals surface area contributed by atoms with Crippen LogP contribution in [0.25, 0.3) is 6.08 Å². The first-order valence-corrected chi connectivity index (χ1v) is 8.15. The maximum atomic E-state index is 13.0. The molecule has 4 heteroatoms. The summed E-state index contributed by atoms with van der Waals surface area (Å²) in [6.07, 6.45) is 2.38. The molecular formula is C21H21FO3. The van der Waals surface area contributed by atoms with Gasteiger partial charge in [-0.3, -0.25) is 9.59 Å². The number of halogens is 1. The predicted molar refractivity (Wildman–Crippen MR) is 95.9 cm³/mol. The maximum absolute atomic E-state index is 13.0. The van der Waals surface area contributed by atoms with Crippen LogP contribution in [0.3, 0.4) is 0 Å². The van der Waals surface area contributed by atoms with Crippen molar-refractivity contribution in [3.05, 3.63) is 76.6 Å². The molecule has 0 aliphatic heterocycles. The zero-order valence-corrected chi connectivity index (χ0v) is 14.6. The number of Topliss-reactive ketones (excluding diaryl/α,β-unsaturated/α-hetero) is 1. The van der Waals surface area contributed by atoms with Crippen LogP contribution in [0.1, 0.15) is 47.7 Å². The Bertz CT molecular complexity index is 774. The number of ketones is 1. The number of allylic oxidation sites excluding steroid dienone is 1. The van der Waals surface area contributed by atoms with Crippen LogP contribution in [-0.2, 0) is 9.53 Å². The average molecular weight is 340 g/mol. The SMILES string of the molecule is CCC(=Cc1ccc(C(C)C(=O)OC)cc1)C(=O)c1ccc(F)cc1. The van der Waals surface area contributed by atoms with Crippen molar-refractivity contribution >= 4 is 17.8 Å². The van der Waals surface area contributed by atoms with Gasteiger partial charge in [0.15, 0.2) is 5.78 Å². The molecule has 130 valence electrons. The summed E-state index contributed by atoms with van der Waals surface area (Å²) >= 11 is 0. The van der Waals surface area contributed by atoms with Gasteiger partial charge in [0.05, 0.1) is 13.0 Å². The molecule has 3 nitrogen and oxygen atoms in total. The Balaban J connectivity index is 2.23. The molecule has 0 fully saturated rings. The van der Waals surface area contributed by atoms with Gasteiger partial charge in [-0.1, -0.05) is 31.2 Å². The van der Waals surface area contributed by atoms with Gasteiger partial charge < -0.3 is 4.74 Å². The third kappa shape index (κ3) is 4.63. The lowest BCUT2D eigenvalue weighted by Gasteiger charge is -2.10. The molecule has 0 aliphatic rings. The van der Waals surface area contributed by atoms with Gasteiger partial charge >= 0.3 is 5.97 Å². The van der Waals surface area contributed by atoms with Gasteiger partial charge in [0, 0.05) is 11.1 Å². The molecule has 0 bridgehead atoms.